The van der Waals surface area contributed by atoms with Crippen molar-refractivity contribution in [2.45, 2.75) is 0 Å². The van der Waals surface area contributed by atoms with Crippen molar-refractivity contribution in [3.8, 4) is 54.3 Å². The number of thiazole rings is 2. The Balaban J connectivity index is 1.33. The Morgan fingerprint density at radius 3 is 1.43 bits per heavy atom. The molecule has 2 heterocycles. The molecular formula is C42H26N2S2. The maximum absolute atomic E-state index is 4.30. The Morgan fingerprint density at radius 2 is 0.848 bits per heavy atom. The molecule has 0 saturated heterocycles. The molecule has 0 unspecified atom stereocenters. The summed E-state index contributed by atoms with van der Waals surface area (Å²) in [7, 11) is 0. The van der Waals surface area contributed by atoms with Gasteiger partial charge in [0, 0.05) is 12.4 Å². The Morgan fingerprint density at radius 1 is 0.370 bits per heavy atom. The first-order chi connectivity index (χ1) is 22.8. The van der Waals surface area contributed by atoms with Crippen LogP contribution in [0.25, 0.3) is 86.6 Å². The van der Waals surface area contributed by atoms with Crippen molar-refractivity contribution in [1.82, 2.24) is 9.97 Å². The van der Waals surface area contributed by atoms with Gasteiger partial charge in [-0.1, -0.05) is 127 Å². The van der Waals surface area contributed by atoms with Crippen molar-refractivity contribution in [2.24, 2.45) is 0 Å². The van der Waals surface area contributed by atoms with Crippen LogP contribution in [0.2, 0.25) is 0 Å². The van der Waals surface area contributed by atoms with Crippen molar-refractivity contribution in [1.29, 1.82) is 0 Å². The lowest BCUT2D eigenvalue weighted by molar-refractivity contribution is 1.42. The predicted molar refractivity (Wildman–Crippen MR) is 197 cm³/mol. The van der Waals surface area contributed by atoms with Gasteiger partial charge in [-0.3, -0.25) is 9.97 Å². The van der Waals surface area contributed by atoms with E-state index in [1.54, 1.807) is 22.7 Å². The molecule has 0 amide bonds. The van der Waals surface area contributed by atoms with Gasteiger partial charge >= 0.3 is 0 Å². The zero-order valence-electron chi connectivity index (χ0n) is 24.7. The van der Waals surface area contributed by atoms with Gasteiger partial charge in [-0.05, 0) is 82.9 Å². The van der Waals surface area contributed by atoms with Crippen LogP contribution in [0.3, 0.4) is 0 Å². The van der Waals surface area contributed by atoms with Crippen LogP contribution in [-0.4, -0.2) is 9.97 Å². The Hall–Kier alpha value is -5.42. The topological polar surface area (TPSA) is 25.8 Å². The molecule has 0 aliphatic carbocycles. The predicted octanol–water partition coefficient (Wildman–Crippen LogP) is 12.4. The molecule has 0 radical (unpaired) electrons. The summed E-state index contributed by atoms with van der Waals surface area (Å²) in [4.78, 5) is 10.9. The third kappa shape index (κ3) is 4.54. The van der Waals surface area contributed by atoms with Crippen LogP contribution in [0.4, 0.5) is 0 Å². The molecule has 2 aromatic heterocycles. The number of hydrogen-bond acceptors (Lipinski definition) is 4. The largest absolute Gasteiger partial charge is 0.252 e. The highest BCUT2D eigenvalue weighted by atomic mass is 32.1. The minimum Gasteiger partial charge on any atom is -0.252 e. The van der Waals surface area contributed by atoms with Gasteiger partial charge in [-0.2, -0.15) is 0 Å². The standard InChI is InChI=1S/C42H26N2S2/c1-2-8-33-27(6-1)7-5-11-34(33)32-20-21-37-38(22-32)42(31-18-14-29(15-19-31)40-24-44-26-46-40)36-10-4-3-9-35(36)41(37)30-16-12-28(13-17-30)39-23-43-25-45-39/h1-26H. The summed E-state index contributed by atoms with van der Waals surface area (Å²) >= 11 is 3.34. The number of nitrogens with zero attached hydrogens (tertiary/aromatic N) is 2. The van der Waals surface area contributed by atoms with E-state index in [9.17, 15) is 0 Å². The van der Waals surface area contributed by atoms with E-state index in [1.807, 2.05) is 23.4 Å². The van der Waals surface area contributed by atoms with Crippen molar-refractivity contribution >= 4 is 55.0 Å². The zero-order valence-corrected chi connectivity index (χ0v) is 26.4. The molecule has 0 saturated carbocycles. The maximum atomic E-state index is 4.30. The highest BCUT2D eigenvalue weighted by Crippen LogP contribution is 2.46. The van der Waals surface area contributed by atoms with E-state index in [4.69, 9.17) is 0 Å². The molecule has 0 spiro atoms. The van der Waals surface area contributed by atoms with Gasteiger partial charge in [-0.25, -0.2) is 0 Å². The Labute approximate surface area is 274 Å². The molecule has 9 rings (SSSR count). The van der Waals surface area contributed by atoms with E-state index in [2.05, 4.69) is 143 Å². The molecule has 7 aromatic carbocycles. The van der Waals surface area contributed by atoms with Crippen LogP contribution < -0.4 is 0 Å². The summed E-state index contributed by atoms with van der Waals surface area (Å²) in [5.41, 5.74) is 13.6. The van der Waals surface area contributed by atoms with Crippen molar-refractivity contribution < 1.29 is 0 Å². The van der Waals surface area contributed by atoms with Gasteiger partial charge in [0.2, 0.25) is 0 Å². The first-order valence-electron chi connectivity index (χ1n) is 15.3. The van der Waals surface area contributed by atoms with Gasteiger partial charge in [-0.15, -0.1) is 22.7 Å². The smallest absolute Gasteiger partial charge is 0.0797 e. The van der Waals surface area contributed by atoms with Gasteiger partial charge in [0.05, 0.1) is 20.8 Å². The molecular weight excluding hydrogens is 597 g/mol. The van der Waals surface area contributed by atoms with Crippen LogP contribution in [-0.2, 0) is 0 Å². The average molecular weight is 623 g/mol. The third-order valence-corrected chi connectivity index (χ3v) is 10.5. The molecule has 0 aliphatic heterocycles. The number of fused-ring (bicyclic) bond motifs is 3. The van der Waals surface area contributed by atoms with Crippen LogP contribution in [0.5, 0.6) is 0 Å². The molecule has 0 N–H and O–H groups in total. The fourth-order valence-corrected chi connectivity index (χ4v) is 8.02. The minimum atomic E-state index is 1.18. The van der Waals surface area contributed by atoms with Crippen LogP contribution in [0.1, 0.15) is 0 Å². The molecule has 0 atom stereocenters. The van der Waals surface area contributed by atoms with E-state index in [0.29, 0.717) is 0 Å². The van der Waals surface area contributed by atoms with E-state index < -0.39 is 0 Å². The molecule has 216 valence electrons. The van der Waals surface area contributed by atoms with Crippen molar-refractivity contribution in [3.63, 3.8) is 0 Å². The summed E-state index contributed by atoms with van der Waals surface area (Å²) in [5, 5.41) is 7.50. The SMILES string of the molecule is c1ccc2c(-c3ccc4c(-c5ccc(-c6cncs6)cc5)c5ccccc5c(-c5ccc(-c6cncs6)cc5)c4c3)cccc2c1. The third-order valence-electron chi connectivity index (χ3n) is 8.91. The van der Waals surface area contributed by atoms with Crippen molar-refractivity contribution in [3.05, 3.63) is 157 Å². The second kappa shape index (κ2) is 11.2. The Bertz CT molecular complexity index is 2490. The molecule has 0 fully saturated rings. The summed E-state index contributed by atoms with van der Waals surface area (Å²) < 4.78 is 0. The molecule has 9 aromatic rings. The maximum Gasteiger partial charge on any atom is 0.0797 e. The van der Waals surface area contributed by atoms with Gasteiger partial charge in [0.1, 0.15) is 0 Å². The van der Waals surface area contributed by atoms with Crippen LogP contribution >= 0.6 is 22.7 Å². The van der Waals surface area contributed by atoms with Gasteiger partial charge in [0.25, 0.3) is 0 Å². The molecule has 2 nitrogen and oxygen atoms in total. The zero-order chi connectivity index (χ0) is 30.5. The van der Waals surface area contributed by atoms with E-state index in [-0.39, 0.29) is 0 Å². The van der Waals surface area contributed by atoms with Gasteiger partial charge in [0.15, 0.2) is 0 Å². The Kier molecular flexibility index (Phi) is 6.55. The lowest BCUT2D eigenvalue weighted by Gasteiger charge is -2.19. The summed E-state index contributed by atoms with van der Waals surface area (Å²) in [6.07, 6.45) is 3.88. The summed E-state index contributed by atoms with van der Waals surface area (Å²) in [6.45, 7) is 0. The number of hydrogen-bond donors (Lipinski definition) is 0. The quantitative estimate of drug-likeness (QED) is 0.178. The monoisotopic (exact) mass is 622 g/mol. The van der Waals surface area contributed by atoms with E-state index in [0.717, 1.165) is 0 Å². The minimum absolute atomic E-state index is 1.18. The molecule has 0 aliphatic rings. The van der Waals surface area contributed by atoms with E-state index >= 15 is 0 Å². The van der Waals surface area contributed by atoms with Gasteiger partial charge < -0.3 is 0 Å². The van der Waals surface area contributed by atoms with E-state index in [1.165, 1.54) is 86.6 Å². The highest BCUT2D eigenvalue weighted by Gasteiger charge is 2.18. The number of benzene rings is 7. The van der Waals surface area contributed by atoms with Crippen LogP contribution in [0.15, 0.2) is 157 Å². The molecule has 0 bridgehead atoms. The molecule has 4 heteroatoms. The summed E-state index contributed by atoms with van der Waals surface area (Å²) in [5.74, 6) is 0. The lowest BCUT2D eigenvalue weighted by Crippen LogP contribution is -1.92. The fraction of sp³-hybridized carbons (Fsp3) is 0. The normalized spacial score (nSPS) is 11.5. The fourth-order valence-electron chi connectivity index (χ4n) is 6.76. The lowest BCUT2D eigenvalue weighted by atomic mass is 9.84. The summed E-state index contributed by atoms with van der Waals surface area (Å²) in [6, 6.07) is 49.1. The highest BCUT2D eigenvalue weighted by molar-refractivity contribution is 7.13. The van der Waals surface area contributed by atoms with Crippen LogP contribution in [0, 0.1) is 0 Å². The first-order valence-corrected chi connectivity index (χ1v) is 17.0. The molecule has 46 heavy (non-hydrogen) atoms. The number of aromatic nitrogens is 2. The average Bonchev–Trinajstić information content (AvgIpc) is 3.87. The first kappa shape index (κ1) is 26.9. The second-order valence-electron chi connectivity index (χ2n) is 11.5. The second-order valence-corrected chi connectivity index (χ2v) is 13.2. The number of rotatable bonds is 5. The van der Waals surface area contributed by atoms with Crippen molar-refractivity contribution in [2.75, 3.05) is 0 Å².